The second kappa shape index (κ2) is 3.32. The summed E-state index contributed by atoms with van der Waals surface area (Å²) in [6.07, 6.45) is 0. The van der Waals surface area contributed by atoms with Crippen molar-refractivity contribution in [3.63, 3.8) is 0 Å². The molecule has 2 heteroatoms. The van der Waals surface area contributed by atoms with Crippen molar-refractivity contribution in [2.75, 3.05) is 0 Å². The minimum Gasteiger partial charge on any atom is -0.309 e. The van der Waals surface area contributed by atoms with Crippen LogP contribution in [0.25, 0.3) is 0 Å². The van der Waals surface area contributed by atoms with Gasteiger partial charge in [-0.1, -0.05) is 12.1 Å². The highest BCUT2D eigenvalue weighted by Crippen LogP contribution is 2.29. The van der Waals surface area contributed by atoms with Gasteiger partial charge in [-0.05, 0) is 36.1 Å². The Hall–Kier alpha value is -0.860. The molecule has 0 atom stereocenters. The van der Waals surface area contributed by atoms with Gasteiger partial charge < -0.3 is 5.32 Å². The molecule has 2 aliphatic heterocycles. The maximum absolute atomic E-state index is 3.41. The standard InChI is InChI=1S/C13H18N2/c1-9(2)15-7-12-3-10-5-14-6-11(10)4-13(12)8-15/h3-4,9,14H,5-8H2,1-2H3. The fraction of sp³-hybridized carbons (Fsp3) is 0.538. The van der Waals surface area contributed by atoms with Crippen LogP contribution in [0, 0.1) is 0 Å². The average Bonchev–Trinajstić information content (AvgIpc) is 2.77. The van der Waals surface area contributed by atoms with Crippen LogP contribution in [0.15, 0.2) is 12.1 Å². The third-order valence-corrected chi connectivity index (χ3v) is 3.63. The molecule has 0 amide bonds. The molecule has 3 rings (SSSR count). The lowest BCUT2D eigenvalue weighted by atomic mass is 10.0. The number of hydrogen-bond acceptors (Lipinski definition) is 2. The van der Waals surface area contributed by atoms with Crippen LogP contribution in [-0.2, 0) is 26.2 Å². The van der Waals surface area contributed by atoms with Crippen molar-refractivity contribution in [2.24, 2.45) is 0 Å². The number of benzene rings is 1. The Morgan fingerprint density at radius 3 is 2.00 bits per heavy atom. The Morgan fingerprint density at radius 2 is 1.53 bits per heavy atom. The molecule has 1 aromatic rings. The van der Waals surface area contributed by atoms with Crippen molar-refractivity contribution in [2.45, 2.75) is 46.1 Å². The van der Waals surface area contributed by atoms with Gasteiger partial charge in [0.1, 0.15) is 0 Å². The summed E-state index contributed by atoms with van der Waals surface area (Å²) in [7, 11) is 0. The van der Waals surface area contributed by atoms with Crippen molar-refractivity contribution < 1.29 is 0 Å². The molecular formula is C13H18N2. The molecule has 0 saturated heterocycles. The predicted octanol–water partition coefficient (Wildman–Crippen LogP) is 2.01. The van der Waals surface area contributed by atoms with E-state index in [4.69, 9.17) is 0 Å². The van der Waals surface area contributed by atoms with Crippen LogP contribution in [-0.4, -0.2) is 10.9 Å². The molecule has 0 unspecified atom stereocenters. The summed E-state index contributed by atoms with van der Waals surface area (Å²) < 4.78 is 0. The Balaban J connectivity index is 1.95. The van der Waals surface area contributed by atoms with Gasteiger partial charge in [-0.25, -0.2) is 0 Å². The third-order valence-electron chi connectivity index (χ3n) is 3.63. The molecule has 0 bridgehead atoms. The molecule has 0 aromatic heterocycles. The number of rotatable bonds is 1. The van der Waals surface area contributed by atoms with Gasteiger partial charge in [0.25, 0.3) is 0 Å². The molecule has 2 heterocycles. The van der Waals surface area contributed by atoms with E-state index in [0.717, 1.165) is 26.2 Å². The highest BCUT2D eigenvalue weighted by atomic mass is 15.2. The normalized spacial score (nSPS) is 19.7. The smallest absolute Gasteiger partial charge is 0.0243 e. The summed E-state index contributed by atoms with van der Waals surface area (Å²) >= 11 is 0. The van der Waals surface area contributed by atoms with Crippen molar-refractivity contribution >= 4 is 0 Å². The summed E-state index contributed by atoms with van der Waals surface area (Å²) in [5.41, 5.74) is 6.12. The van der Waals surface area contributed by atoms with Crippen LogP contribution in [0.5, 0.6) is 0 Å². The van der Waals surface area contributed by atoms with Crippen LogP contribution in [0.4, 0.5) is 0 Å². The highest BCUT2D eigenvalue weighted by Gasteiger charge is 2.23. The zero-order valence-electron chi connectivity index (χ0n) is 9.51. The Morgan fingerprint density at radius 1 is 1.00 bits per heavy atom. The molecule has 0 aliphatic carbocycles. The van der Waals surface area contributed by atoms with Gasteiger partial charge in [0.15, 0.2) is 0 Å². The summed E-state index contributed by atoms with van der Waals surface area (Å²) in [6, 6.07) is 5.48. The largest absolute Gasteiger partial charge is 0.309 e. The van der Waals surface area contributed by atoms with Gasteiger partial charge in [-0.2, -0.15) is 0 Å². The average molecular weight is 202 g/mol. The minimum atomic E-state index is 0.658. The van der Waals surface area contributed by atoms with E-state index in [-0.39, 0.29) is 0 Å². The van der Waals surface area contributed by atoms with Gasteiger partial charge >= 0.3 is 0 Å². The quantitative estimate of drug-likeness (QED) is 0.749. The van der Waals surface area contributed by atoms with E-state index in [2.05, 4.69) is 36.2 Å². The molecule has 0 saturated carbocycles. The molecule has 0 radical (unpaired) electrons. The van der Waals surface area contributed by atoms with E-state index in [1.807, 2.05) is 0 Å². The minimum absolute atomic E-state index is 0.658. The number of hydrogen-bond donors (Lipinski definition) is 1. The molecular weight excluding hydrogens is 184 g/mol. The van der Waals surface area contributed by atoms with Gasteiger partial charge in [-0.15, -0.1) is 0 Å². The van der Waals surface area contributed by atoms with Gasteiger partial charge in [0.05, 0.1) is 0 Å². The van der Waals surface area contributed by atoms with E-state index in [1.54, 1.807) is 11.1 Å². The van der Waals surface area contributed by atoms with Crippen LogP contribution in [0.3, 0.4) is 0 Å². The van der Waals surface area contributed by atoms with Gasteiger partial charge in [-0.3, -0.25) is 4.90 Å². The second-order valence-corrected chi connectivity index (χ2v) is 4.99. The van der Waals surface area contributed by atoms with E-state index in [0.29, 0.717) is 6.04 Å². The molecule has 1 aromatic carbocycles. The van der Waals surface area contributed by atoms with Crippen LogP contribution >= 0.6 is 0 Å². The fourth-order valence-electron chi connectivity index (χ4n) is 2.61. The van der Waals surface area contributed by atoms with Gasteiger partial charge in [0.2, 0.25) is 0 Å². The Bertz CT molecular complexity index is 363. The number of nitrogens with zero attached hydrogens (tertiary/aromatic N) is 1. The monoisotopic (exact) mass is 202 g/mol. The Labute approximate surface area is 91.3 Å². The summed E-state index contributed by atoms with van der Waals surface area (Å²) in [4.78, 5) is 2.53. The summed E-state index contributed by atoms with van der Waals surface area (Å²) in [5.74, 6) is 0. The van der Waals surface area contributed by atoms with Crippen LogP contribution in [0.1, 0.15) is 36.1 Å². The lowest BCUT2D eigenvalue weighted by Gasteiger charge is -2.18. The molecule has 80 valence electrons. The first-order chi connectivity index (χ1) is 7.24. The number of nitrogens with one attached hydrogen (secondary N) is 1. The lowest BCUT2D eigenvalue weighted by Crippen LogP contribution is -2.24. The zero-order valence-corrected chi connectivity index (χ0v) is 9.51. The molecule has 2 aliphatic rings. The maximum Gasteiger partial charge on any atom is 0.0243 e. The summed E-state index contributed by atoms with van der Waals surface area (Å²) in [5, 5.41) is 3.41. The third kappa shape index (κ3) is 1.48. The lowest BCUT2D eigenvalue weighted by molar-refractivity contribution is 0.227. The summed E-state index contributed by atoms with van der Waals surface area (Å²) in [6.45, 7) is 8.96. The molecule has 2 nitrogen and oxygen atoms in total. The second-order valence-electron chi connectivity index (χ2n) is 4.99. The molecule has 1 N–H and O–H groups in total. The van der Waals surface area contributed by atoms with Crippen molar-refractivity contribution in [3.05, 3.63) is 34.4 Å². The van der Waals surface area contributed by atoms with Gasteiger partial charge in [0, 0.05) is 32.2 Å². The SMILES string of the molecule is CC(C)N1Cc2cc3c(cc2C1)CNC3. The molecule has 0 fully saturated rings. The fourth-order valence-corrected chi connectivity index (χ4v) is 2.61. The van der Waals surface area contributed by atoms with Crippen molar-refractivity contribution in [3.8, 4) is 0 Å². The van der Waals surface area contributed by atoms with Crippen LogP contribution in [0.2, 0.25) is 0 Å². The van der Waals surface area contributed by atoms with E-state index in [9.17, 15) is 0 Å². The molecule has 0 spiro atoms. The number of fused-ring (bicyclic) bond motifs is 2. The van der Waals surface area contributed by atoms with Crippen molar-refractivity contribution in [1.82, 2.24) is 10.2 Å². The molecule has 15 heavy (non-hydrogen) atoms. The Kier molecular flexibility index (Phi) is 2.08. The van der Waals surface area contributed by atoms with Crippen molar-refractivity contribution in [1.29, 1.82) is 0 Å². The van der Waals surface area contributed by atoms with E-state index < -0.39 is 0 Å². The first kappa shape index (κ1) is 9.37. The zero-order chi connectivity index (χ0) is 10.4. The first-order valence-electron chi connectivity index (χ1n) is 5.82. The van der Waals surface area contributed by atoms with Crippen LogP contribution < -0.4 is 5.32 Å². The highest BCUT2D eigenvalue weighted by molar-refractivity contribution is 5.42. The topological polar surface area (TPSA) is 15.3 Å². The maximum atomic E-state index is 3.41. The first-order valence-corrected chi connectivity index (χ1v) is 5.82. The van der Waals surface area contributed by atoms with E-state index >= 15 is 0 Å². The predicted molar refractivity (Wildman–Crippen MR) is 61.4 cm³/mol. The van der Waals surface area contributed by atoms with E-state index in [1.165, 1.54) is 11.1 Å².